The Hall–Kier alpha value is -3.98. The summed E-state index contributed by atoms with van der Waals surface area (Å²) in [5.74, 6) is 1.71. The van der Waals surface area contributed by atoms with E-state index >= 15 is 0 Å². The first-order chi connectivity index (χ1) is 18.0. The summed E-state index contributed by atoms with van der Waals surface area (Å²) >= 11 is 1.29. The summed E-state index contributed by atoms with van der Waals surface area (Å²) in [5, 5.41) is 2.82. The van der Waals surface area contributed by atoms with Crippen LogP contribution in [0.25, 0.3) is 0 Å². The van der Waals surface area contributed by atoms with Gasteiger partial charge in [-0.1, -0.05) is 30.0 Å². The summed E-state index contributed by atoms with van der Waals surface area (Å²) in [6.07, 6.45) is 0.0170. The Morgan fingerprint density at radius 2 is 1.65 bits per heavy atom. The minimum absolute atomic E-state index is 0.0170. The molecule has 0 saturated carbocycles. The average Bonchev–Trinajstić information content (AvgIpc) is 3.18. The van der Waals surface area contributed by atoms with Gasteiger partial charge < -0.3 is 19.5 Å². The van der Waals surface area contributed by atoms with Crippen molar-refractivity contribution in [3.05, 3.63) is 78.4 Å². The summed E-state index contributed by atoms with van der Waals surface area (Å²) in [6.45, 7) is 2.77. The van der Waals surface area contributed by atoms with Gasteiger partial charge in [-0.05, 0) is 61.0 Å². The van der Waals surface area contributed by atoms with Crippen LogP contribution in [0.15, 0.2) is 77.8 Å². The lowest BCUT2D eigenvalue weighted by molar-refractivity contribution is -0.128. The molecule has 1 heterocycles. The van der Waals surface area contributed by atoms with Crippen LogP contribution in [0.5, 0.6) is 17.2 Å². The van der Waals surface area contributed by atoms with Crippen molar-refractivity contribution in [1.82, 2.24) is 4.90 Å². The van der Waals surface area contributed by atoms with Gasteiger partial charge in [0, 0.05) is 18.2 Å². The predicted octanol–water partition coefficient (Wildman–Crippen LogP) is 5.26. The standard InChI is InChI=1S/C28H29N3O5S/c1-4-36-24-7-5-6-21(16-24)29-26(32)17-25-27(33)31(18-19-8-12-22(34-2)13-9-19)28(37-25)30-20-10-14-23(35-3)15-11-20/h5-16,25H,4,17-18H2,1-3H3,(H,29,32)/t25-/m0/s1. The number of aliphatic imine (C=N–C) groups is 1. The molecule has 0 spiro atoms. The fourth-order valence-electron chi connectivity index (χ4n) is 3.76. The second-order valence-corrected chi connectivity index (χ2v) is 9.35. The molecular formula is C28H29N3O5S. The number of benzene rings is 3. The Bertz CT molecular complexity index is 1260. The highest BCUT2D eigenvalue weighted by atomic mass is 32.2. The summed E-state index contributed by atoms with van der Waals surface area (Å²) in [6, 6.07) is 22.0. The zero-order valence-corrected chi connectivity index (χ0v) is 21.8. The third kappa shape index (κ3) is 6.83. The maximum absolute atomic E-state index is 13.4. The van der Waals surface area contributed by atoms with Crippen molar-refractivity contribution in [3.8, 4) is 17.2 Å². The maximum Gasteiger partial charge on any atom is 0.242 e. The fourth-order valence-corrected chi connectivity index (χ4v) is 4.92. The number of nitrogens with one attached hydrogen (secondary N) is 1. The van der Waals surface area contributed by atoms with Crippen LogP contribution in [-0.4, -0.2) is 48.0 Å². The van der Waals surface area contributed by atoms with Crippen molar-refractivity contribution in [3.63, 3.8) is 0 Å². The van der Waals surface area contributed by atoms with E-state index in [1.165, 1.54) is 11.8 Å². The fraction of sp³-hybridized carbons (Fsp3) is 0.250. The molecule has 37 heavy (non-hydrogen) atoms. The van der Waals surface area contributed by atoms with Gasteiger partial charge in [-0.15, -0.1) is 0 Å². The van der Waals surface area contributed by atoms with Gasteiger partial charge in [-0.25, -0.2) is 4.99 Å². The number of hydrogen-bond donors (Lipinski definition) is 1. The monoisotopic (exact) mass is 519 g/mol. The second-order valence-electron chi connectivity index (χ2n) is 8.18. The molecule has 1 atom stereocenters. The average molecular weight is 520 g/mol. The molecule has 0 unspecified atom stereocenters. The Morgan fingerprint density at radius 3 is 2.30 bits per heavy atom. The van der Waals surface area contributed by atoms with Crippen LogP contribution in [0.1, 0.15) is 18.9 Å². The summed E-state index contributed by atoms with van der Waals surface area (Å²) in [4.78, 5) is 32.6. The third-order valence-electron chi connectivity index (χ3n) is 5.62. The number of carbonyl (C=O) groups excluding carboxylic acids is 2. The molecule has 0 aliphatic carbocycles. The van der Waals surface area contributed by atoms with Crippen molar-refractivity contribution in [1.29, 1.82) is 0 Å². The maximum atomic E-state index is 13.4. The van der Waals surface area contributed by atoms with E-state index in [9.17, 15) is 9.59 Å². The first-order valence-electron chi connectivity index (χ1n) is 11.9. The van der Waals surface area contributed by atoms with Gasteiger partial charge in [-0.2, -0.15) is 0 Å². The zero-order chi connectivity index (χ0) is 26.2. The second kappa shape index (κ2) is 12.3. The summed E-state index contributed by atoms with van der Waals surface area (Å²) < 4.78 is 16.0. The summed E-state index contributed by atoms with van der Waals surface area (Å²) in [7, 11) is 3.21. The SMILES string of the molecule is CCOc1cccc(NC(=O)C[C@@H]2SC(=Nc3ccc(OC)cc3)N(Cc3ccc(OC)cc3)C2=O)c1. The topological polar surface area (TPSA) is 89.5 Å². The van der Waals surface area contributed by atoms with E-state index in [-0.39, 0.29) is 18.2 Å². The van der Waals surface area contributed by atoms with Crippen LogP contribution in [0.3, 0.4) is 0 Å². The van der Waals surface area contributed by atoms with Crippen LogP contribution in [0.4, 0.5) is 11.4 Å². The van der Waals surface area contributed by atoms with Crippen molar-refractivity contribution >= 4 is 40.1 Å². The zero-order valence-electron chi connectivity index (χ0n) is 21.0. The molecule has 0 radical (unpaired) electrons. The first kappa shape index (κ1) is 26.1. The lowest BCUT2D eigenvalue weighted by atomic mass is 10.2. The number of amides is 2. The molecule has 1 aliphatic rings. The van der Waals surface area contributed by atoms with Gasteiger partial charge in [0.2, 0.25) is 11.8 Å². The van der Waals surface area contributed by atoms with Crippen molar-refractivity contribution < 1.29 is 23.8 Å². The Labute approximate surface area is 220 Å². The predicted molar refractivity (Wildman–Crippen MR) is 146 cm³/mol. The van der Waals surface area contributed by atoms with E-state index in [2.05, 4.69) is 5.32 Å². The molecule has 1 fully saturated rings. The molecule has 1 aliphatic heterocycles. The number of hydrogen-bond acceptors (Lipinski definition) is 7. The van der Waals surface area contributed by atoms with E-state index in [4.69, 9.17) is 19.2 Å². The molecule has 0 bridgehead atoms. The van der Waals surface area contributed by atoms with Crippen LogP contribution in [0, 0.1) is 0 Å². The molecule has 3 aromatic rings. The number of methoxy groups -OCH3 is 2. The van der Waals surface area contributed by atoms with E-state index in [1.54, 1.807) is 31.3 Å². The minimum Gasteiger partial charge on any atom is -0.497 e. The Kier molecular flexibility index (Phi) is 8.68. The first-order valence-corrected chi connectivity index (χ1v) is 12.7. The third-order valence-corrected chi connectivity index (χ3v) is 6.79. The van der Waals surface area contributed by atoms with Crippen LogP contribution < -0.4 is 19.5 Å². The Morgan fingerprint density at radius 1 is 0.973 bits per heavy atom. The minimum atomic E-state index is -0.592. The highest BCUT2D eigenvalue weighted by Crippen LogP contribution is 2.33. The normalized spacial score (nSPS) is 16.1. The molecule has 1 N–H and O–H groups in total. The molecular weight excluding hydrogens is 490 g/mol. The van der Waals surface area contributed by atoms with Gasteiger partial charge in [0.25, 0.3) is 0 Å². The molecule has 8 nitrogen and oxygen atoms in total. The molecule has 192 valence electrons. The highest BCUT2D eigenvalue weighted by Gasteiger charge is 2.39. The van der Waals surface area contributed by atoms with E-state index in [0.717, 1.165) is 17.1 Å². The van der Waals surface area contributed by atoms with Gasteiger partial charge in [0.15, 0.2) is 5.17 Å². The lowest BCUT2D eigenvalue weighted by Gasteiger charge is -2.17. The Balaban J connectivity index is 1.52. The van der Waals surface area contributed by atoms with E-state index < -0.39 is 5.25 Å². The molecule has 3 aromatic carbocycles. The molecule has 0 aromatic heterocycles. The number of amidine groups is 1. The van der Waals surface area contributed by atoms with Crippen molar-refractivity contribution in [2.75, 3.05) is 26.1 Å². The highest BCUT2D eigenvalue weighted by molar-refractivity contribution is 8.15. The molecule has 1 saturated heterocycles. The number of rotatable bonds is 10. The van der Waals surface area contributed by atoms with E-state index in [0.29, 0.717) is 35.4 Å². The largest absolute Gasteiger partial charge is 0.497 e. The molecule has 2 amide bonds. The molecule has 4 rings (SSSR count). The van der Waals surface area contributed by atoms with Gasteiger partial charge in [0.1, 0.15) is 22.5 Å². The van der Waals surface area contributed by atoms with Crippen LogP contribution in [0.2, 0.25) is 0 Å². The molecule has 9 heteroatoms. The lowest BCUT2D eigenvalue weighted by Crippen LogP contribution is -2.33. The summed E-state index contributed by atoms with van der Waals surface area (Å²) in [5.41, 5.74) is 2.23. The number of nitrogens with zero attached hydrogens (tertiary/aromatic N) is 2. The number of anilines is 1. The van der Waals surface area contributed by atoms with Gasteiger partial charge in [-0.3, -0.25) is 14.5 Å². The van der Waals surface area contributed by atoms with Crippen molar-refractivity contribution in [2.45, 2.75) is 25.1 Å². The van der Waals surface area contributed by atoms with Crippen LogP contribution >= 0.6 is 11.8 Å². The van der Waals surface area contributed by atoms with Gasteiger partial charge >= 0.3 is 0 Å². The number of thioether (sulfide) groups is 1. The van der Waals surface area contributed by atoms with Crippen LogP contribution in [-0.2, 0) is 16.1 Å². The number of ether oxygens (including phenoxy) is 3. The van der Waals surface area contributed by atoms with Crippen molar-refractivity contribution in [2.24, 2.45) is 4.99 Å². The quantitative estimate of drug-likeness (QED) is 0.393. The smallest absolute Gasteiger partial charge is 0.242 e. The van der Waals surface area contributed by atoms with Gasteiger partial charge in [0.05, 0.1) is 33.1 Å². The van der Waals surface area contributed by atoms with E-state index in [1.807, 2.05) is 67.6 Å². The number of carbonyl (C=O) groups is 2.